The van der Waals surface area contributed by atoms with Gasteiger partial charge in [0.15, 0.2) is 5.82 Å². The number of esters is 1. The number of methoxy groups -OCH3 is 1. The maximum atomic E-state index is 11.5. The molecule has 0 unspecified atom stereocenters. The highest BCUT2D eigenvalue weighted by Gasteiger charge is 2.15. The van der Waals surface area contributed by atoms with E-state index in [1.165, 1.54) is 0 Å². The average Bonchev–Trinajstić information content (AvgIpc) is 2.35. The van der Waals surface area contributed by atoms with Crippen molar-refractivity contribution < 1.29 is 14.3 Å². The van der Waals surface area contributed by atoms with E-state index >= 15 is 0 Å². The summed E-state index contributed by atoms with van der Waals surface area (Å²) >= 11 is 0. The lowest BCUT2D eigenvalue weighted by Crippen LogP contribution is -2.34. The van der Waals surface area contributed by atoms with Gasteiger partial charge >= 0.3 is 5.97 Å². The number of nitrogens with two attached hydrogens (primary N) is 1. The third-order valence-corrected chi connectivity index (χ3v) is 2.31. The van der Waals surface area contributed by atoms with Crippen molar-refractivity contribution in [3.8, 4) is 0 Å². The molecule has 0 atom stereocenters. The Kier molecular flexibility index (Phi) is 5.93. The van der Waals surface area contributed by atoms with Crippen molar-refractivity contribution in [3.63, 3.8) is 0 Å². The number of hydrogen-bond donors (Lipinski definition) is 1. The van der Waals surface area contributed by atoms with Gasteiger partial charge in [0, 0.05) is 19.9 Å². The Bertz CT molecular complexity index is 385. The molecule has 1 aromatic heterocycles. The second kappa shape index (κ2) is 7.50. The van der Waals surface area contributed by atoms with Crippen LogP contribution in [0.2, 0.25) is 0 Å². The van der Waals surface area contributed by atoms with E-state index in [0.717, 1.165) is 0 Å². The van der Waals surface area contributed by atoms with E-state index < -0.39 is 0 Å². The first kappa shape index (κ1) is 14.2. The molecule has 1 rings (SSSR count). The van der Waals surface area contributed by atoms with Gasteiger partial charge in [0.25, 0.3) is 0 Å². The monoisotopic (exact) mass is 253 g/mol. The Morgan fingerprint density at radius 1 is 1.56 bits per heavy atom. The summed E-state index contributed by atoms with van der Waals surface area (Å²) in [6.45, 7) is 3.24. The number of ether oxygens (including phenoxy) is 2. The van der Waals surface area contributed by atoms with Crippen molar-refractivity contribution in [1.82, 2.24) is 4.98 Å². The molecule has 0 radical (unpaired) electrons. The average molecular weight is 253 g/mol. The van der Waals surface area contributed by atoms with Crippen LogP contribution in [0.1, 0.15) is 6.92 Å². The molecule has 18 heavy (non-hydrogen) atoms. The molecule has 0 aromatic carbocycles. The van der Waals surface area contributed by atoms with Crippen molar-refractivity contribution >= 4 is 17.5 Å². The highest BCUT2D eigenvalue weighted by atomic mass is 16.5. The molecule has 0 fully saturated rings. The fourth-order valence-corrected chi connectivity index (χ4v) is 1.50. The predicted octanol–water partition coefficient (Wildman–Crippen LogP) is 0.680. The van der Waals surface area contributed by atoms with E-state index in [-0.39, 0.29) is 12.5 Å². The lowest BCUT2D eigenvalue weighted by atomic mass is 10.3. The predicted molar refractivity (Wildman–Crippen MR) is 69.4 cm³/mol. The molecule has 0 spiro atoms. The number of anilines is 2. The van der Waals surface area contributed by atoms with Gasteiger partial charge in [-0.1, -0.05) is 0 Å². The summed E-state index contributed by atoms with van der Waals surface area (Å²) in [5.41, 5.74) is 6.37. The van der Waals surface area contributed by atoms with Crippen LogP contribution in [0.5, 0.6) is 0 Å². The van der Waals surface area contributed by atoms with Gasteiger partial charge in [-0.2, -0.15) is 0 Å². The van der Waals surface area contributed by atoms with E-state index in [1.54, 1.807) is 37.3 Å². The minimum Gasteiger partial charge on any atom is -0.465 e. The standard InChI is InChI=1S/C12H19N3O3/c1-3-18-11(16)9-15(7-8-17-2)12-10(13)5-4-6-14-12/h4-6H,3,7-9,13H2,1-2H3. The third-order valence-electron chi connectivity index (χ3n) is 2.31. The van der Waals surface area contributed by atoms with Crippen LogP contribution < -0.4 is 10.6 Å². The van der Waals surface area contributed by atoms with Gasteiger partial charge in [0.1, 0.15) is 6.54 Å². The molecule has 0 aliphatic carbocycles. The second-order valence-corrected chi connectivity index (χ2v) is 3.64. The zero-order chi connectivity index (χ0) is 13.4. The molecule has 0 aliphatic rings. The Balaban J connectivity index is 2.77. The molecule has 1 heterocycles. The Labute approximate surface area is 107 Å². The van der Waals surface area contributed by atoms with Gasteiger partial charge in [-0.25, -0.2) is 4.98 Å². The van der Waals surface area contributed by atoms with E-state index in [1.807, 2.05) is 0 Å². The van der Waals surface area contributed by atoms with Crippen molar-refractivity contribution in [1.29, 1.82) is 0 Å². The Morgan fingerprint density at radius 3 is 2.94 bits per heavy atom. The third kappa shape index (κ3) is 4.21. The van der Waals surface area contributed by atoms with Crippen LogP contribution in [0.4, 0.5) is 11.5 Å². The first-order valence-electron chi connectivity index (χ1n) is 5.79. The molecular formula is C12H19N3O3. The summed E-state index contributed by atoms with van der Waals surface area (Å²) in [4.78, 5) is 17.5. The molecule has 6 heteroatoms. The van der Waals surface area contributed by atoms with E-state index in [9.17, 15) is 4.79 Å². The molecule has 2 N–H and O–H groups in total. The fraction of sp³-hybridized carbons (Fsp3) is 0.500. The fourth-order valence-electron chi connectivity index (χ4n) is 1.50. The molecule has 1 aromatic rings. The van der Waals surface area contributed by atoms with Crippen molar-refractivity contribution in [3.05, 3.63) is 18.3 Å². The van der Waals surface area contributed by atoms with Crippen molar-refractivity contribution in [2.75, 3.05) is 44.0 Å². The SMILES string of the molecule is CCOC(=O)CN(CCOC)c1ncccc1N. The zero-order valence-corrected chi connectivity index (χ0v) is 10.8. The van der Waals surface area contributed by atoms with Gasteiger partial charge in [-0.15, -0.1) is 0 Å². The quantitative estimate of drug-likeness (QED) is 0.720. The highest BCUT2D eigenvalue weighted by Crippen LogP contribution is 2.18. The van der Waals surface area contributed by atoms with Gasteiger partial charge in [-0.3, -0.25) is 4.79 Å². The van der Waals surface area contributed by atoms with Crippen molar-refractivity contribution in [2.24, 2.45) is 0 Å². The van der Waals surface area contributed by atoms with Gasteiger partial charge in [-0.05, 0) is 19.1 Å². The van der Waals surface area contributed by atoms with Gasteiger partial charge in [0.05, 0.1) is 18.9 Å². The van der Waals surface area contributed by atoms with Crippen LogP contribution in [0.25, 0.3) is 0 Å². The van der Waals surface area contributed by atoms with E-state index in [0.29, 0.717) is 31.3 Å². The lowest BCUT2D eigenvalue weighted by molar-refractivity contribution is -0.141. The number of carbonyl (C=O) groups excluding carboxylic acids is 1. The van der Waals surface area contributed by atoms with E-state index in [4.69, 9.17) is 15.2 Å². The van der Waals surface area contributed by atoms with Crippen LogP contribution in [0.15, 0.2) is 18.3 Å². The largest absolute Gasteiger partial charge is 0.465 e. The van der Waals surface area contributed by atoms with Crippen LogP contribution in [0, 0.1) is 0 Å². The van der Waals surface area contributed by atoms with Gasteiger partial charge < -0.3 is 20.1 Å². The molecule has 0 saturated heterocycles. The second-order valence-electron chi connectivity index (χ2n) is 3.64. The first-order chi connectivity index (χ1) is 8.69. The molecule has 0 aliphatic heterocycles. The minimum absolute atomic E-state index is 0.110. The molecular weight excluding hydrogens is 234 g/mol. The molecule has 0 bridgehead atoms. The number of aromatic nitrogens is 1. The minimum atomic E-state index is -0.307. The molecule has 0 saturated carbocycles. The summed E-state index contributed by atoms with van der Waals surface area (Å²) in [6, 6.07) is 3.49. The summed E-state index contributed by atoms with van der Waals surface area (Å²) in [7, 11) is 1.60. The van der Waals surface area contributed by atoms with Crippen LogP contribution in [-0.2, 0) is 14.3 Å². The summed E-state index contributed by atoms with van der Waals surface area (Å²) in [5, 5.41) is 0. The summed E-state index contributed by atoms with van der Waals surface area (Å²) in [6.07, 6.45) is 1.64. The number of carbonyl (C=O) groups is 1. The Hall–Kier alpha value is -1.82. The van der Waals surface area contributed by atoms with Crippen LogP contribution in [0.3, 0.4) is 0 Å². The zero-order valence-electron chi connectivity index (χ0n) is 10.8. The molecule has 100 valence electrons. The number of hydrogen-bond acceptors (Lipinski definition) is 6. The Morgan fingerprint density at radius 2 is 2.33 bits per heavy atom. The van der Waals surface area contributed by atoms with E-state index in [2.05, 4.69) is 4.98 Å². The molecule has 0 amide bonds. The normalized spacial score (nSPS) is 10.1. The van der Waals surface area contributed by atoms with Gasteiger partial charge in [0.2, 0.25) is 0 Å². The number of pyridine rings is 1. The van der Waals surface area contributed by atoms with Crippen molar-refractivity contribution in [2.45, 2.75) is 6.92 Å². The first-order valence-corrected chi connectivity index (χ1v) is 5.79. The topological polar surface area (TPSA) is 77.7 Å². The van der Waals surface area contributed by atoms with Crippen LogP contribution >= 0.6 is 0 Å². The lowest BCUT2D eigenvalue weighted by Gasteiger charge is -2.23. The highest BCUT2D eigenvalue weighted by molar-refractivity contribution is 5.77. The summed E-state index contributed by atoms with van der Waals surface area (Å²) in [5.74, 6) is 0.265. The maximum Gasteiger partial charge on any atom is 0.325 e. The smallest absolute Gasteiger partial charge is 0.325 e. The number of rotatable bonds is 7. The van der Waals surface area contributed by atoms with Crippen LogP contribution in [-0.4, -0.2) is 44.4 Å². The number of nitrogens with zero attached hydrogens (tertiary/aromatic N) is 2. The molecule has 6 nitrogen and oxygen atoms in total. The summed E-state index contributed by atoms with van der Waals surface area (Å²) < 4.78 is 9.94. The number of nitrogen functional groups attached to an aromatic ring is 1. The maximum absolute atomic E-state index is 11.5.